The SMILES string of the molecule is OCc1ccc(-c2nnco2)cc1. The molecule has 4 heteroatoms. The summed E-state index contributed by atoms with van der Waals surface area (Å²) in [7, 11) is 0. The molecule has 4 nitrogen and oxygen atoms in total. The molecule has 0 unspecified atom stereocenters. The molecule has 1 N–H and O–H groups in total. The average molecular weight is 176 g/mol. The Kier molecular flexibility index (Phi) is 2.06. The van der Waals surface area contributed by atoms with E-state index in [1.807, 2.05) is 24.3 Å². The smallest absolute Gasteiger partial charge is 0.247 e. The second-order valence-electron chi connectivity index (χ2n) is 2.60. The molecule has 1 aromatic heterocycles. The number of aliphatic hydroxyl groups excluding tert-OH is 1. The van der Waals surface area contributed by atoms with Crippen molar-refractivity contribution in [3.63, 3.8) is 0 Å². The first-order valence-electron chi connectivity index (χ1n) is 3.86. The van der Waals surface area contributed by atoms with Crippen molar-refractivity contribution < 1.29 is 9.52 Å². The predicted octanol–water partition coefficient (Wildman–Crippen LogP) is 1.23. The van der Waals surface area contributed by atoms with Crippen molar-refractivity contribution in [1.82, 2.24) is 10.2 Å². The zero-order valence-corrected chi connectivity index (χ0v) is 6.84. The molecule has 13 heavy (non-hydrogen) atoms. The van der Waals surface area contributed by atoms with Gasteiger partial charge in [0.15, 0.2) is 0 Å². The maximum absolute atomic E-state index is 8.81. The maximum atomic E-state index is 8.81. The third-order valence-electron chi connectivity index (χ3n) is 1.74. The Morgan fingerprint density at radius 3 is 2.54 bits per heavy atom. The van der Waals surface area contributed by atoms with Gasteiger partial charge < -0.3 is 9.52 Å². The van der Waals surface area contributed by atoms with Crippen LogP contribution in [0.2, 0.25) is 0 Å². The van der Waals surface area contributed by atoms with Crippen LogP contribution in [0.1, 0.15) is 5.56 Å². The molecule has 0 saturated carbocycles. The van der Waals surface area contributed by atoms with E-state index < -0.39 is 0 Å². The van der Waals surface area contributed by atoms with E-state index in [1.54, 1.807) is 0 Å². The van der Waals surface area contributed by atoms with Gasteiger partial charge in [0, 0.05) is 5.56 Å². The highest BCUT2D eigenvalue weighted by Gasteiger charge is 2.01. The number of nitrogens with zero attached hydrogens (tertiary/aromatic N) is 2. The van der Waals surface area contributed by atoms with Crippen molar-refractivity contribution in [3.8, 4) is 11.5 Å². The van der Waals surface area contributed by atoms with Gasteiger partial charge in [0.25, 0.3) is 0 Å². The van der Waals surface area contributed by atoms with Gasteiger partial charge in [-0.1, -0.05) is 12.1 Å². The van der Waals surface area contributed by atoms with Crippen LogP contribution in [0.5, 0.6) is 0 Å². The van der Waals surface area contributed by atoms with Crippen molar-refractivity contribution in [2.24, 2.45) is 0 Å². The second-order valence-corrected chi connectivity index (χ2v) is 2.60. The van der Waals surface area contributed by atoms with Gasteiger partial charge >= 0.3 is 0 Å². The van der Waals surface area contributed by atoms with E-state index in [2.05, 4.69) is 10.2 Å². The fourth-order valence-corrected chi connectivity index (χ4v) is 1.05. The topological polar surface area (TPSA) is 59.2 Å². The van der Waals surface area contributed by atoms with Crippen molar-refractivity contribution in [1.29, 1.82) is 0 Å². The first-order chi connectivity index (χ1) is 6.40. The Balaban J connectivity index is 2.33. The molecule has 0 atom stereocenters. The standard InChI is InChI=1S/C9H8N2O2/c12-5-7-1-3-8(4-2-7)9-11-10-6-13-9/h1-4,6,12H,5H2. The zero-order chi connectivity index (χ0) is 9.10. The molecule has 0 aliphatic heterocycles. The van der Waals surface area contributed by atoms with Crippen LogP contribution in [0.25, 0.3) is 11.5 Å². The Morgan fingerprint density at radius 2 is 2.00 bits per heavy atom. The van der Waals surface area contributed by atoms with Crippen molar-refractivity contribution in [3.05, 3.63) is 36.2 Å². The van der Waals surface area contributed by atoms with Crippen LogP contribution in [0.4, 0.5) is 0 Å². The maximum Gasteiger partial charge on any atom is 0.247 e. The van der Waals surface area contributed by atoms with E-state index in [0.717, 1.165) is 11.1 Å². The minimum Gasteiger partial charge on any atom is -0.423 e. The number of aromatic nitrogens is 2. The third kappa shape index (κ3) is 1.57. The second kappa shape index (κ2) is 3.37. The van der Waals surface area contributed by atoms with E-state index >= 15 is 0 Å². The predicted molar refractivity (Wildman–Crippen MR) is 45.7 cm³/mol. The molecular formula is C9H8N2O2. The molecule has 0 amide bonds. The van der Waals surface area contributed by atoms with Crippen LogP contribution in [0.3, 0.4) is 0 Å². The molecule has 0 saturated heterocycles. The first-order valence-corrected chi connectivity index (χ1v) is 3.86. The molecule has 0 radical (unpaired) electrons. The van der Waals surface area contributed by atoms with Gasteiger partial charge in [0.1, 0.15) is 0 Å². The largest absolute Gasteiger partial charge is 0.423 e. The summed E-state index contributed by atoms with van der Waals surface area (Å²) in [6.07, 6.45) is 1.29. The van der Waals surface area contributed by atoms with Gasteiger partial charge in [-0.2, -0.15) is 0 Å². The molecule has 1 aromatic carbocycles. The van der Waals surface area contributed by atoms with E-state index in [0.29, 0.717) is 5.89 Å². The summed E-state index contributed by atoms with van der Waals surface area (Å²) in [4.78, 5) is 0. The van der Waals surface area contributed by atoms with Crippen molar-refractivity contribution >= 4 is 0 Å². The lowest BCUT2D eigenvalue weighted by atomic mass is 10.1. The summed E-state index contributed by atoms with van der Waals surface area (Å²) in [5.41, 5.74) is 1.72. The molecule has 0 spiro atoms. The lowest BCUT2D eigenvalue weighted by Gasteiger charge is -1.96. The van der Waals surface area contributed by atoms with Crippen molar-refractivity contribution in [2.75, 3.05) is 0 Å². The average Bonchev–Trinajstić information content (AvgIpc) is 2.71. The molecule has 0 bridgehead atoms. The van der Waals surface area contributed by atoms with Gasteiger partial charge in [-0.3, -0.25) is 0 Å². The first kappa shape index (κ1) is 7.94. The highest BCUT2D eigenvalue weighted by atomic mass is 16.4. The Morgan fingerprint density at radius 1 is 1.23 bits per heavy atom. The van der Waals surface area contributed by atoms with Crippen LogP contribution < -0.4 is 0 Å². The number of hydrogen-bond acceptors (Lipinski definition) is 4. The quantitative estimate of drug-likeness (QED) is 0.747. The normalized spacial score (nSPS) is 10.2. The van der Waals surface area contributed by atoms with E-state index in [1.165, 1.54) is 6.39 Å². The lowest BCUT2D eigenvalue weighted by Crippen LogP contribution is -1.83. The van der Waals surface area contributed by atoms with Gasteiger partial charge in [-0.25, -0.2) is 0 Å². The Hall–Kier alpha value is -1.68. The van der Waals surface area contributed by atoms with Crippen LogP contribution in [-0.4, -0.2) is 15.3 Å². The summed E-state index contributed by atoms with van der Waals surface area (Å²) >= 11 is 0. The monoisotopic (exact) mass is 176 g/mol. The van der Waals surface area contributed by atoms with Crippen LogP contribution >= 0.6 is 0 Å². The molecular weight excluding hydrogens is 168 g/mol. The molecule has 0 aliphatic rings. The lowest BCUT2D eigenvalue weighted by molar-refractivity contribution is 0.282. The molecule has 2 rings (SSSR count). The Labute approximate surface area is 74.8 Å². The van der Waals surface area contributed by atoms with Crippen LogP contribution in [0, 0.1) is 0 Å². The molecule has 66 valence electrons. The minimum atomic E-state index is 0.0457. The van der Waals surface area contributed by atoms with Gasteiger partial charge in [0.2, 0.25) is 12.3 Å². The number of aliphatic hydroxyl groups is 1. The van der Waals surface area contributed by atoms with Crippen molar-refractivity contribution in [2.45, 2.75) is 6.61 Å². The highest BCUT2D eigenvalue weighted by Crippen LogP contribution is 2.16. The number of hydrogen-bond donors (Lipinski definition) is 1. The molecule has 1 heterocycles. The zero-order valence-electron chi connectivity index (χ0n) is 6.84. The summed E-state index contributed by atoms with van der Waals surface area (Å²) < 4.78 is 5.01. The summed E-state index contributed by atoms with van der Waals surface area (Å²) in [5, 5.41) is 16.1. The summed E-state index contributed by atoms with van der Waals surface area (Å²) in [6, 6.07) is 7.30. The summed E-state index contributed by atoms with van der Waals surface area (Å²) in [5.74, 6) is 0.490. The van der Waals surface area contributed by atoms with Gasteiger partial charge in [0.05, 0.1) is 6.61 Å². The van der Waals surface area contributed by atoms with E-state index in [4.69, 9.17) is 9.52 Å². The van der Waals surface area contributed by atoms with Crippen LogP contribution in [0.15, 0.2) is 35.1 Å². The van der Waals surface area contributed by atoms with Gasteiger partial charge in [-0.15, -0.1) is 10.2 Å². The highest BCUT2D eigenvalue weighted by molar-refractivity contribution is 5.52. The third-order valence-corrected chi connectivity index (χ3v) is 1.74. The van der Waals surface area contributed by atoms with Crippen LogP contribution in [-0.2, 0) is 6.61 Å². The fourth-order valence-electron chi connectivity index (χ4n) is 1.05. The van der Waals surface area contributed by atoms with E-state index in [-0.39, 0.29) is 6.61 Å². The molecule has 0 aliphatic carbocycles. The Bertz CT molecular complexity index is 367. The fraction of sp³-hybridized carbons (Fsp3) is 0.111. The van der Waals surface area contributed by atoms with E-state index in [9.17, 15) is 0 Å². The number of rotatable bonds is 2. The number of benzene rings is 1. The molecule has 0 fully saturated rings. The minimum absolute atomic E-state index is 0.0457. The summed E-state index contributed by atoms with van der Waals surface area (Å²) in [6.45, 7) is 0.0457. The van der Waals surface area contributed by atoms with Gasteiger partial charge in [-0.05, 0) is 17.7 Å². The molecule has 2 aromatic rings.